The Morgan fingerprint density at radius 2 is 1.85 bits per heavy atom. The smallest absolute Gasteiger partial charge is 0.248 e. The summed E-state index contributed by atoms with van der Waals surface area (Å²) in [7, 11) is 0. The van der Waals surface area contributed by atoms with Crippen LogP contribution in [0.25, 0.3) is 0 Å². The Balaban J connectivity index is 1.46. The molecule has 1 atom stereocenters. The number of carbonyl (C=O) groups is 2. The minimum atomic E-state index is -1.05. The molecule has 1 aromatic heterocycles. The largest absolute Gasteiger partial charge is 0.342 e. The normalized spacial score (nSPS) is 15.9. The van der Waals surface area contributed by atoms with Crippen LogP contribution in [0.5, 0.6) is 0 Å². The van der Waals surface area contributed by atoms with E-state index in [1.54, 1.807) is 37.2 Å². The molecular formula is C27H29FN4O2. The van der Waals surface area contributed by atoms with Crippen molar-refractivity contribution in [3.63, 3.8) is 0 Å². The molecule has 3 aromatic rings. The lowest BCUT2D eigenvalue weighted by molar-refractivity contribution is -0.141. The number of likely N-dealkylation sites (tertiary alicyclic amines) is 1. The number of halogens is 1. The third kappa shape index (κ3) is 5.65. The number of hydrogen-bond acceptors (Lipinski definition) is 4. The molecule has 7 heteroatoms. The van der Waals surface area contributed by atoms with Crippen LogP contribution >= 0.6 is 0 Å². The topological polar surface area (TPSA) is 75.2 Å². The number of benzene rings is 2. The number of rotatable bonds is 7. The third-order valence-electron chi connectivity index (χ3n) is 6.03. The van der Waals surface area contributed by atoms with Crippen LogP contribution in [-0.4, -0.2) is 38.8 Å². The van der Waals surface area contributed by atoms with Gasteiger partial charge in [0.25, 0.3) is 0 Å². The summed E-state index contributed by atoms with van der Waals surface area (Å²) in [6.45, 7) is 4.07. The van der Waals surface area contributed by atoms with Crippen LogP contribution in [0, 0.1) is 5.82 Å². The highest BCUT2D eigenvalue weighted by molar-refractivity contribution is 5.91. The minimum Gasteiger partial charge on any atom is -0.342 e. The summed E-state index contributed by atoms with van der Waals surface area (Å²) in [5.41, 5.74) is 2.09. The van der Waals surface area contributed by atoms with Gasteiger partial charge in [0.05, 0.1) is 30.0 Å². The summed E-state index contributed by atoms with van der Waals surface area (Å²) in [5, 5.41) is 2.90. The lowest BCUT2D eigenvalue weighted by Crippen LogP contribution is -2.56. The predicted molar refractivity (Wildman–Crippen MR) is 127 cm³/mol. The molecule has 0 aliphatic carbocycles. The molecule has 0 saturated carbocycles. The second-order valence-corrected chi connectivity index (χ2v) is 9.23. The van der Waals surface area contributed by atoms with Gasteiger partial charge >= 0.3 is 0 Å². The number of nitrogens with one attached hydrogen (secondary N) is 1. The molecule has 2 amide bonds. The van der Waals surface area contributed by atoms with E-state index < -0.39 is 5.54 Å². The summed E-state index contributed by atoms with van der Waals surface area (Å²) in [6.07, 6.45) is 5.66. The van der Waals surface area contributed by atoms with E-state index in [9.17, 15) is 14.0 Å². The first-order valence-electron chi connectivity index (χ1n) is 11.5. The maximum atomic E-state index is 13.5. The maximum absolute atomic E-state index is 13.5. The van der Waals surface area contributed by atoms with Crippen LogP contribution < -0.4 is 5.32 Å². The van der Waals surface area contributed by atoms with E-state index >= 15 is 0 Å². The van der Waals surface area contributed by atoms with E-state index in [1.165, 1.54) is 12.1 Å². The molecule has 0 radical (unpaired) electrons. The van der Waals surface area contributed by atoms with Crippen molar-refractivity contribution in [3.8, 4) is 0 Å². The summed E-state index contributed by atoms with van der Waals surface area (Å²) in [4.78, 5) is 37.0. The van der Waals surface area contributed by atoms with Crippen molar-refractivity contribution in [2.24, 2.45) is 0 Å². The van der Waals surface area contributed by atoms with Gasteiger partial charge in [-0.05, 0) is 49.9 Å². The van der Waals surface area contributed by atoms with Gasteiger partial charge in [-0.2, -0.15) is 0 Å². The van der Waals surface area contributed by atoms with Crippen LogP contribution in [0.1, 0.15) is 55.2 Å². The standard InChI is InChI=1S/C27H29FN4O2/c1-27(2,31-25(33)16-19-8-4-3-5-9-19)26(34)32-13-7-12-24(32)23-18-29-17-22(30-23)15-20-10-6-11-21(28)14-20/h3-6,8-11,14,17-18,24H,7,12-13,15-16H2,1-2H3,(H,31,33)/t24-/m1/s1. The molecule has 1 N–H and O–H groups in total. The molecule has 2 aromatic carbocycles. The van der Waals surface area contributed by atoms with Crippen LogP contribution in [-0.2, 0) is 22.4 Å². The second kappa shape index (κ2) is 10.1. The quantitative estimate of drug-likeness (QED) is 0.578. The molecule has 1 saturated heterocycles. The second-order valence-electron chi connectivity index (χ2n) is 9.23. The van der Waals surface area contributed by atoms with Crippen molar-refractivity contribution < 1.29 is 14.0 Å². The van der Waals surface area contributed by atoms with Gasteiger partial charge in [-0.3, -0.25) is 19.6 Å². The fraction of sp³-hybridized carbons (Fsp3) is 0.333. The molecule has 1 aliphatic rings. The van der Waals surface area contributed by atoms with Crippen LogP contribution in [0.15, 0.2) is 67.0 Å². The molecule has 176 valence electrons. The minimum absolute atomic E-state index is 0.145. The first kappa shape index (κ1) is 23.5. The van der Waals surface area contributed by atoms with Crippen LogP contribution in [0.2, 0.25) is 0 Å². The lowest BCUT2D eigenvalue weighted by Gasteiger charge is -2.33. The molecule has 1 aliphatic heterocycles. The van der Waals surface area contributed by atoms with Gasteiger partial charge in [-0.15, -0.1) is 0 Å². The molecule has 1 fully saturated rings. The number of amides is 2. The van der Waals surface area contributed by atoms with Crippen molar-refractivity contribution in [3.05, 3.63) is 95.3 Å². The Bertz CT molecular complexity index is 1170. The zero-order valence-electron chi connectivity index (χ0n) is 19.5. The van der Waals surface area contributed by atoms with Gasteiger partial charge in [0.2, 0.25) is 11.8 Å². The Morgan fingerprint density at radius 3 is 2.62 bits per heavy atom. The summed E-state index contributed by atoms with van der Waals surface area (Å²) >= 11 is 0. The van der Waals surface area contributed by atoms with Crippen LogP contribution in [0.4, 0.5) is 4.39 Å². The molecule has 2 heterocycles. The van der Waals surface area contributed by atoms with E-state index in [0.717, 1.165) is 29.7 Å². The van der Waals surface area contributed by atoms with E-state index in [2.05, 4.69) is 10.3 Å². The van der Waals surface area contributed by atoms with Gasteiger partial charge < -0.3 is 10.2 Å². The monoisotopic (exact) mass is 460 g/mol. The number of hydrogen-bond donors (Lipinski definition) is 1. The number of nitrogens with zero attached hydrogens (tertiary/aromatic N) is 3. The van der Waals surface area contributed by atoms with Gasteiger partial charge in [-0.1, -0.05) is 42.5 Å². The third-order valence-corrected chi connectivity index (χ3v) is 6.03. The zero-order valence-corrected chi connectivity index (χ0v) is 19.5. The van der Waals surface area contributed by atoms with Crippen molar-refractivity contribution in [1.82, 2.24) is 20.2 Å². The van der Waals surface area contributed by atoms with Crippen LogP contribution in [0.3, 0.4) is 0 Å². The van der Waals surface area contributed by atoms with Crippen molar-refractivity contribution in [2.75, 3.05) is 6.54 Å². The Morgan fingerprint density at radius 1 is 1.09 bits per heavy atom. The Labute approximate surface area is 199 Å². The first-order chi connectivity index (χ1) is 16.3. The molecule has 0 bridgehead atoms. The summed E-state index contributed by atoms with van der Waals surface area (Å²) in [5.74, 6) is -0.628. The molecular weight excluding hydrogens is 431 g/mol. The van der Waals surface area contributed by atoms with Gasteiger partial charge in [0.1, 0.15) is 11.4 Å². The van der Waals surface area contributed by atoms with Crippen molar-refractivity contribution >= 4 is 11.8 Å². The summed E-state index contributed by atoms with van der Waals surface area (Å²) < 4.78 is 13.5. The fourth-order valence-corrected chi connectivity index (χ4v) is 4.43. The van der Waals surface area contributed by atoms with E-state index in [-0.39, 0.29) is 30.1 Å². The van der Waals surface area contributed by atoms with E-state index in [1.807, 2.05) is 36.4 Å². The van der Waals surface area contributed by atoms with Gasteiger partial charge in [0, 0.05) is 19.2 Å². The first-order valence-corrected chi connectivity index (χ1v) is 11.5. The predicted octanol–water partition coefficient (Wildman–Crippen LogP) is 4.01. The van der Waals surface area contributed by atoms with Crippen molar-refractivity contribution in [1.29, 1.82) is 0 Å². The molecule has 4 rings (SSSR count). The van der Waals surface area contributed by atoms with E-state index in [4.69, 9.17) is 4.98 Å². The Kier molecular flexibility index (Phi) is 7.01. The van der Waals surface area contributed by atoms with Gasteiger partial charge in [0.15, 0.2) is 0 Å². The number of carbonyl (C=O) groups excluding carboxylic acids is 2. The average molecular weight is 461 g/mol. The lowest BCUT2D eigenvalue weighted by atomic mass is 10.0. The maximum Gasteiger partial charge on any atom is 0.248 e. The molecule has 34 heavy (non-hydrogen) atoms. The Hall–Kier alpha value is -3.61. The summed E-state index contributed by atoms with van der Waals surface area (Å²) in [6, 6.07) is 15.7. The van der Waals surface area contributed by atoms with Crippen molar-refractivity contribution in [2.45, 2.75) is 51.1 Å². The average Bonchev–Trinajstić information content (AvgIpc) is 3.29. The molecule has 0 spiro atoms. The molecule has 6 nitrogen and oxygen atoms in total. The fourth-order valence-electron chi connectivity index (χ4n) is 4.43. The highest BCUT2D eigenvalue weighted by atomic mass is 19.1. The highest BCUT2D eigenvalue weighted by Gasteiger charge is 2.39. The molecule has 0 unspecified atom stereocenters. The SMILES string of the molecule is CC(C)(NC(=O)Cc1ccccc1)C(=O)N1CCC[C@@H]1c1cncc(Cc2cccc(F)c2)n1. The number of aromatic nitrogens is 2. The zero-order chi connectivity index (χ0) is 24.1. The van der Waals surface area contributed by atoms with Gasteiger partial charge in [-0.25, -0.2) is 4.39 Å². The highest BCUT2D eigenvalue weighted by Crippen LogP contribution is 2.32. The van der Waals surface area contributed by atoms with E-state index in [0.29, 0.717) is 18.7 Å².